The van der Waals surface area contributed by atoms with Crippen molar-refractivity contribution in [2.45, 2.75) is 52.4 Å². The maximum Gasteiger partial charge on any atom is 0.416 e. The van der Waals surface area contributed by atoms with Gasteiger partial charge < -0.3 is 10.2 Å². The number of aromatic nitrogens is 1. The highest BCUT2D eigenvalue weighted by molar-refractivity contribution is 6.29. The minimum atomic E-state index is -5.07. The number of hydrogen-bond donors (Lipinski definition) is 1. The average Bonchev–Trinajstić information content (AvgIpc) is 2.92. The van der Waals surface area contributed by atoms with E-state index in [9.17, 15) is 40.3 Å². The first-order chi connectivity index (χ1) is 19.6. The average molecular weight is 634 g/mol. The fourth-order valence-corrected chi connectivity index (χ4v) is 4.22. The molecule has 1 N–H and O–H groups in total. The van der Waals surface area contributed by atoms with E-state index >= 15 is 0 Å². The summed E-state index contributed by atoms with van der Waals surface area (Å²) in [7, 11) is 2.94. The Morgan fingerprint density at radius 1 is 0.907 bits per heavy atom. The van der Waals surface area contributed by atoms with Crippen LogP contribution >= 0.6 is 11.6 Å². The lowest BCUT2D eigenvalue weighted by molar-refractivity contribution is -0.143. The summed E-state index contributed by atoms with van der Waals surface area (Å²) in [5.74, 6) is -1.14. The Labute approximate surface area is 250 Å². The van der Waals surface area contributed by atoms with Crippen LogP contribution in [0.1, 0.15) is 49.9 Å². The van der Waals surface area contributed by atoms with E-state index in [-0.39, 0.29) is 34.3 Å². The summed E-state index contributed by atoms with van der Waals surface area (Å²) in [6.45, 7) is 7.67. The van der Waals surface area contributed by atoms with Gasteiger partial charge in [-0.25, -0.2) is 9.37 Å². The highest BCUT2D eigenvalue weighted by Crippen LogP contribution is 2.41. The molecular formula is C30H31ClF7N3O2. The lowest BCUT2D eigenvalue weighted by Crippen LogP contribution is -2.42. The van der Waals surface area contributed by atoms with Crippen LogP contribution in [-0.4, -0.2) is 30.9 Å². The Morgan fingerprint density at radius 2 is 1.42 bits per heavy atom. The molecule has 0 unspecified atom stereocenters. The Hall–Kier alpha value is -3.67. The lowest BCUT2D eigenvalue weighted by Gasteiger charge is -2.32. The number of nitrogens with one attached hydrogen (secondary N) is 1. The van der Waals surface area contributed by atoms with Gasteiger partial charge in [0.25, 0.3) is 0 Å². The first kappa shape index (κ1) is 35.5. The summed E-state index contributed by atoms with van der Waals surface area (Å²) in [5, 5.41) is 2.56. The molecule has 0 saturated heterocycles. The van der Waals surface area contributed by atoms with Crippen molar-refractivity contribution in [3.63, 3.8) is 0 Å². The van der Waals surface area contributed by atoms with E-state index in [4.69, 9.17) is 11.6 Å². The zero-order chi connectivity index (χ0) is 33.1. The fourth-order valence-electron chi connectivity index (χ4n) is 4.06. The van der Waals surface area contributed by atoms with Gasteiger partial charge >= 0.3 is 12.4 Å². The molecule has 1 aromatic heterocycles. The molecule has 43 heavy (non-hydrogen) atoms. The quantitative estimate of drug-likeness (QED) is 0.228. The SMILES string of the molecule is CNC(=O)C(C)C.Cc1c(F)cccc1-c1cc(Cl)ncc1N(C)C(=O)C(C)(C)c1cc(C(F)(F)F)cc(C(F)(F)F)c1. The topological polar surface area (TPSA) is 62.3 Å². The molecule has 0 fully saturated rings. The molecule has 0 radical (unpaired) electrons. The van der Waals surface area contributed by atoms with Gasteiger partial charge in [0.2, 0.25) is 11.8 Å². The molecular weight excluding hydrogens is 603 g/mol. The number of carbonyl (C=O) groups excluding carboxylic acids is 2. The third-order valence-corrected chi connectivity index (χ3v) is 6.89. The Morgan fingerprint density at radius 3 is 1.86 bits per heavy atom. The van der Waals surface area contributed by atoms with Crippen LogP contribution in [0, 0.1) is 18.7 Å². The summed E-state index contributed by atoms with van der Waals surface area (Å²) < 4.78 is 94.5. The molecule has 3 rings (SSSR count). The van der Waals surface area contributed by atoms with Crippen LogP contribution in [-0.2, 0) is 27.4 Å². The molecule has 0 spiro atoms. The second-order valence-electron chi connectivity index (χ2n) is 10.5. The van der Waals surface area contributed by atoms with Gasteiger partial charge in [-0.1, -0.05) is 37.6 Å². The van der Waals surface area contributed by atoms with E-state index in [1.165, 1.54) is 52.2 Å². The van der Waals surface area contributed by atoms with Crippen LogP contribution in [0.3, 0.4) is 0 Å². The van der Waals surface area contributed by atoms with E-state index < -0.39 is 46.2 Å². The molecule has 13 heteroatoms. The molecule has 2 aromatic carbocycles. The van der Waals surface area contributed by atoms with Gasteiger partial charge in [0, 0.05) is 25.6 Å². The molecule has 5 nitrogen and oxygen atoms in total. The Kier molecular flexibility index (Phi) is 11.0. The second-order valence-corrected chi connectivity index (χ2v) is 10.9. The molecule has 0 aliphatic carbocycles. The van der Waals surface area contributed by atoms with Gasteiger partial charge in [-0.3, -0.25) is 9.59 Å². The van der Waals surface area contributed by atoms with Crippen molar-refractivity contribution in [1.82, 2.24) is 10.3 Å². The zero-order valence-corrected chi connectivity index (χ0v) is 25.2. The third-order valence-electron chi connectivity index (χ3n) is 6.69. The molecule has 3 aromatic rings. The molecule has 0 aliphatic rings. The predicted octanol–water partition coefficient (Wildman–Crippen LogP) is 8.22. The molecule has 0 bridgehead atoms. The first-order valence-corrected chi connectivity index (χ1v) is 13.2. The number of anilines is 1. The number of halogens is 8. The van der Waals surface area contributed by atoms with Gasteiger partial charge in [0.1, 0.15) is 11.0 Å². The number of nitrogens with zero attached hydrogens (tertiary/aromatic N) is 2. The molecule has 234 valence electrons. The van der Waals surface area contributed by atoms with Gasteiger partial charge in [0.05, 0.1) is 28.4 Å². The Balaban J connectivity index is 0.000000821. The van der Waals surface area contributed by atoms with Gasteiger partial charge in [0.15, 0.2) is 0 Å². The second kappa shape index (κ2) is 13.3. The summed E-state index contributed by atoms with van der Waals surface area (Å²) in [4.78, 5) is 28.9. The third kappa shape index (κ3) is 8.46. The Bertz CT molecular complexity index is 1450. The van der Waals surface area contributed by atoms with Crippen LogP contribution in [0.2, 0.25) is 5.15 Å². The number of likely N-dealkylation sites (N-methyl/N-ethyl adjacent to an activating group) is 1. The van der Waals surface area contributed by atoms with E-state index in [1.54, 1.807) is 13.1 Å². The monoisotopic (exact) mass is 633 g/mol. The van der Waals surface area contributed by atoms with Crippen molar-refractivity contribution in [2.75, 3.05) is 19.0 Å². The van der Waals surface area contributed by atoms with Crippen molar-refractivity contribution in [3.8, 4) is 11.1 Å². The smallest absolute Gasteiger partial charge is 0.359 e. The minimum Gasteiger partial charge on any atom is -0.359 e. The number of rotatable bonds is 5. The largest absolute Gasteiger partial charge is 0.416 e. The number of hydrogen-bond acceptors (Lipinski definition) is 3. The van der Waals surface area contributed by atoms with Crippen LogP contribution < -0.4 is 10.2 Å². The summed E-state index contributed by atoms with van der Waals surface area (Å²) >= 11 is 6.03. The van der Waals surface area contributed by atoms with Gasteiger partial charge in [-0.2, -0.15) is 26.3 Å². The van der Waals surface area contributed by atoms with Crippen LogP contribution in [0.5, 0.6) is 0 Å². The van der Waals surface area contributed by atoms with Crippen LogP contribution in [0.25, 0.3) is 11.1 Å². The van der Waals surface area contributed by atoms with Crippen molar-refractivity contribution in [3.05, 3.63) is 81.9 Å². The summed E-state index contributed by atoms with van der Waals surface area (Å²) in [6.07, 6.45) is -8.91. The molecule has 2 amide bonds. The van der Waals surface area contributed by atoms with Crippen LogP contribution in [0.4, 0.5) is 36.4 Å². The maximum absolute atomic E-state index is 14.2. The highest BCUT2D eigenvalue weighted by atomic mass is 35.5. The summed E-state index contributed by atoms with van der Waals surface area (Å²) in [5.41, 5.74) is -4.30. The number of pyridine rings is 1. The van der Waals surface area contributed by atoms with Gasteiger partial charge in [-0.05, 0) is 67.8 Å². The first-order valence-electron chi connectivity index (χ1n) is 12.8. The van der Waals surface area contributed by atoms with Crippen molar-refractivity contribution < 1.29 is 40.3 Å². The van der Waals surface area contributed by atoms with Gasteiger partial charge in [-0.15, -0.1) is 0 Å². The van der Waals surface area contributed by atoms with Crippen molar-refractivity contribution >= 4 is 29.1 Å². The lowest BCUT2D eigenvalue weighted by atomic mass is 9.81. The zero-order valence-electron chi connectivity index (χ0n) is 24.4. The maximum atomic E-state index is 14.2. The molecule has 0 saturated carbocycles. The fraction of sp³-hybridized carbons (Fsp3) is 0.367. The predicted molar refractivity (Wildman–Crippen MR) is 151 cm³/mol. The van der Waals surface area contributed by atoms with E-state index in [1.807, 2.05) is 13.8 Å². The molecule has 0 aliphatic heterocycles. The number of benzene rings is 2. The van der Waals surface area contributed by atoms with E-state index in [0.717, 1.165) is 4.90 Å². The summed E-state index contributed by atoms with van der Waals surface area (Å²) in [6, 6.07) is 6.72. The van der Waals surface area contributed by atoms with Crippen molar-refractivity contribution in [1.29, 1.82) is 0 Å². The standard InChI is InChI=1S/C25H20ClF7N2O.C5H11NO/c1-13-17(6-5-7-19(13)27)18-11-21(26)34-12-20(18)35(4)22(36)23(2,3)14-8-15(24(28,29)30)10-16(9-14)25(31,32)33;1-4(2)5(7)6-3/h5-12H,1-4H3;4H,1-3H3,(H,6,7). The van der Waals surface area contributed by atoms with E-state index in [0.29, 0.717) is 23.3 Å². The normalized spacial score (nSPS) is 12.0. The molecule has 1 heterocycles. The highest BCUT2D eigenvalue weighted by Gasteiger charge is 2.41. The van der Waals surface area contributed by atoms with E-state index in [2.05, 4.69) is 10.3 Å². The number of alkyl halides is 6. The number of amides is 2. The van der Waals surface area contributed by atoms with Crippen LogP contribution in [0.15, 0.2) is 48.7 Å². The number of carbonyl (C=O) groups is 2. The minimum absolute atomic E-state index is 0.00170. The molecule has 0 atom stereocenters. The van der Waals surface area contributed by atoms with Crippen molar-refractivity contribution in [2.24, 2.45) is 5.92 Å².